The fourth-order valence-electron chi connectivity index (χ4n) is 4.35. The molecule has 0 saturated carbocycles. The lowest BCUT2D eigenvalue weighted by molar-refractivity contribution is -0.137. The number of nitrogens with zero attached hydrogens (tertiary/aromatic N) is 3. The van der Waals surface area contributed by atoms with Crippen LogP contribution < -0.4 is 20.9 Å². The van der Waals surface area contributed by atoms with E-state index in [4.69, 9.17) is 12.2 Å². The van der Waals surface area contributed by atoms with Crippen molar-refractivity contribution in [2.45, 2.75) is 32.9 Å². The second-order valence-electron chi connectivity index (χ2n) is 9.14. The van der Waals surface area contributed by atoms with Crippen LogP contribution in [0.15, 0.2) is 48.5 Å². The van der Waals surface area contributed by atoms with Crippen LogP contribution in [-0.4, -0.2) is 73.3 Å². The highest BCUT2D eigenvalue weighted by atomic mass is 32.1. The molecule has 1 aliphatic heterocycles. The van der Waals surface area contributed by atoms with Crippen molar-refractivity contribution in [3.05, 3.63) is 54.1 Å². The Kier molecular flexibility index (Phi) is 11.0. The Balaban J connectivity index is 1.53. The Morgan fingerprint density at radius 1 is 0.921 bits per heavy atom. The van der Waals surface area contributed by atoms with Gasteiger partial charge in [-0.3, -0.25) is 0 Å². The highest BCUT2D eigenvalue weighted by Gasteiger charge is 2.30. The van der Waals surface area contributed by atoms with Crippen LogP contribution in [0.5, 0.6) is 0 Å². The standard InChI is InChI=1S/C27H37F3N6OS/c1-3-35(4-2)24-13-11-22(12-14-24)32-25(38)31-15-18-36(20-19-34-16-5-6-17-34)26(37)33-23-9-7-21(8-10-23)27(28,29)30/h7-14H,3-6,15-20H2,1-2H3,(H,33,37)(H2,31,32,38). The molecule has 0 spiro atoms. The van der Waals surface area contributed by atoms with Crippen molar-refractivity contribution in [1.29, 1.82) is 0 Å². The fourth-order valence-corrected chi connectivity index (χ4v) is 4.57. The van der Waals surface area contributed by atoms with Crippen molar-refractivity contribution >= 4 is 40.4 Å². The van der Waals surface area contributed by atoms with Gasteiger partial charge >= 0.3 is 12.2 Å². The average Bonchev–Trinajstić information content (AvgIpc) is 3.41. The van der Waals surface area contributed by atoms with Crippen molar-refractivity contribution < 1.29 is 18.0 Å². The lowest BCUT2D eigenvalue weighted by Crippen LogP contribution is -2.44. The van der Waals surface area contributed by atoms with Gasteiger partial charge in [-0.2, -0.15) is 13.2 Å². The Bertz CT molecular complexity index is 1020. The summed E-state index contributed by atoms with van der Waals surface area (Å²) in [5, 5.41) is 9.47. The number of urea groups is 1. The molecule has 1 fully saturated rings. The van der Waals surface area contributed by atoms with Crippen LogP contribution >= 0.6 is 12.2 Å². The minimum Gasteiger partial charge on any atom is -0.372 e. The van der Waals surface area contributed by atoms with Gasteiger partial charge in [0.15, 0.2) is 5.11 Å². The molecule has 0 bridgehead atoms. The molecule has 2 amide bonds. The van der Waals surface area contributed by atoms with E-state index in [9.17, 15) is 18.0 Å². The number of benzene rings is 2. The Morgan fingerprint density at radius 2 is 1.50 bits per heavy atom. The summed E-state index contributed by atoms with van der Waals surface area (Å²) < 4.78 is 38.6. The summed E-state index contributed by atoms with van der Waals surface area (Å²) in [6, 6.07) is 12.1. The molecule has 0 radical (unpaired) electrons. The van der Waals surface area contributed by atoms with Gasteiger partial charge in [-0.15, -0.1) is 0 Å². The first-order valence-corrected chi connectivity index (χ1v) is 13.5. The zero-order valence-corrected chi connectivity index (χ0v) is 22.8. The number of likely N-dealkylation sites (tertiary alicyclic amines) is 1. The molecule has 3 N–H and O–H groups in total. The zero-order valence-electron chi connectivity index (χ0n) is 22.0. The molecule has 1 heterocycles. The van der Waals surface area contributed by atoms with Crippen molar-refractivity contribution in [2.24, 2.45) is 0 Å². The second kappa shape index (κ2) is 14.2. The van der Waals surface area contributed by atoms with E-state index in [2.05, 4.69) is 39.6 Å². The maximum Gasteiger partial charge on any atom is 0.416 e. The number of thiocarbonyl (C=S) groups is 1. The van der Waals surface area contributed by atoms with Gasteiger partial charge < -0.3 is 30.7 Å². The average molecular weight is 551 g/mol. The fraction of sp³-hybridized carbons (Fsp3) is 0.481. The SMILES string of the molecule is CCN(CC)c1ccc(NC(=S)NCCN(CCN2CCCC2)C(=O)Nc2ccc(C(F)(F)F)cc2)cc1. The minimum atomic E-state index is -4.42. The van der Waals surface area contributed by atoms with Gasteiger partial charge in [-0.1, -0.05) is 0 Å². The van der Waals surface area contributed by atoms with Gasteiger partial charge in [-0.05, 0) is 101 Å². The zero-order chi connectivity index (χ0) is 27.5. The molecule has 208 valence electrons. The summed E-state index contributed by atoms with van der Waals surface area (Å²) in [6.07, 6.45) is -2.12. The van der Waals surface area contributed by atoms with E-state index in [1.807, 2.05) is 24.3 Å². The summed E-state index contributed by atoms with van der Waals surface area (Å²) in [4.78, 5) is 19.2. The summed E-state index contributed by atoms with van der Waals surface area (Å²) >= 11 is 5.43. The van der Waals surface area contributed by atoms with Gasteiger partial charge in [0.25, 0.3) is 0 Å². The van der Waals surface area contributed by atoms with Crippen LogP contribution in [0.2, 0.25) is 0 Å². The van der Waals surface area contributed by atoms with Crippen LogP contribution in [0, 0.1) is 0 Å². The van der Waals surface area contributed by atoms with Gasteiger partial charge in [0.2, 0.25) is 0 Å². The first kappa shape index (κ1) is 29.5. The molecule has 38 heavy (non-hydrogen) atoms. The highest BCUT2D eigenvalue weighted by molar-refractivity contribution is 7.80. The third kappa shape index (κ3) is 9.05. The third-order valence-corrected chi connectivity index (χ3v) is 6.80. The number of rotatable bonds is 11. The largest absolute Gasteiger partial charge is 0.416 e. The van der Waals surface area contributed by atoms with E-state index in [0.29, 0.717) is 30.4 Å². The van der Waals surface area contributed by atoms with Gasteiger partial charge in [-0.25, -0.2) is 4.79 Å². The number of halogens is 3. The van der Waals surface area contributed by atoms with E-state index in [1.165, 1.54) is 12.1 Å². The molecule has 3 rings (SSSR count). The van der Waals surface area contributed by atoms with E-state index < -0.39 is 11.7 Å². The van der Waals surface area contributed by atoms with Gasteiger partial charge in [0.05, 0.1) is 5.56 Å². The maximum absolute atomic E-state index is 13.0. The molecule has 2 aromatic rings. The van der Waals surface area contributed by atoms with Crippen LogP contribution in [0.4, 0.5) is 35.0 Å². The van der Waals surface area contributed by atoms with Crippen molar-refractivity contribution in [1.82, 2.24) is 15.1 Å². The molecule has 7 nitrogen and oxygen atoms in total. The number of carbonyl (C=O) groups is 1. The molecule has 1 aliphatic rings. The number of alkyl halides is 3. The van der Waals surface area contributed by atoms with Gasteiger partial charge in [0, 0.05) is 56.3 Å². The Hall–Kier alpha value is -3.05. The van der Waals surface area contributed by atoms with Gasteiger partial charge in [0.1, 0.15) is 0 Å². The van der Waals surface area contributed by atoms with Crippen LogP contribution in [-0.2, 0) is 6.18 Å². The molecule has 0 unspecified atom stereocenters. The van der Waals surface area contributed by atoms with Crippen LogP contribution in [0.3, 0.4) is 0 Å². The van der Waals surface area contributed by atoms with E-state index in [0.717, 1.165) is 69.1 Å². The lowest BCUT2D eigenvalue weighted by Gasteiger charge is -2.26. The number of anilines is 3. The number of nitrogens with one attached hydrogen (secondary N) is 3. The van der Waals surface area contributed by atoms with E-state index in [1.54, 1.807) is 4.90 Å². The van der Waals surface area contributed by atoms with Crippen molar-refractivity contribution in [3.8, 4) is 0 Å². The van der Waals surface area contributed by atoms with Crippen molar-refractivity contribution in [2.75, 3.05) is 67.9 Å². The van der Waals surface area contributed by atoms with E-state index >= 15 is 0 Å². The number of hydrogen-bond donors (Lipinski definition) is 3. The normalized spacial score (nSPS) is 13.7. The third-order valence-electron chi connectivity index (χ3n) is 6.56. The maximum atomic E-state index is 13.0. The summed E-state index contributed by atoms with van der Waals surface area (Å²) in [7, 11) is 0. The Labute approximate surface area is 228 Å². The predicted molar refractivity (Wildman–Crippen MR) is 152 cm³/mol. The number of hydrogen-bond acceptors (Lipinski definition) is 4. The smallest absolute Gasteiger partial charge is 0.372 e. The predicted octanol–water partition coefficient (Wildman–Crippen LogP) is 5.47. The summed E-state index contributed by atoms with van der Waals surface area (Å²) in [6.45, 7) is 10.2. The van der Waals surface area contributed by atoms with Crippen molar-refractivity contribution in [3.63, 3.8) is 0 Å². The Morgan fingerprint density at radius 3 is 2.08 bits per heavy atom. The molecular weight excluding hydrogens is 513 g/mol. The molecule has 0 aromatic heterocycles. The molecule has 1 saturated heterocycles. The monoisotopic (exact) mass is 550 g/mol. The van der Waals surface area contributed by atoms with Crippen LogP contribution in [0.25, 0.3) is 0 Å². The number of carbonyl (C=O) groups excluding carboxylic acids is 1. The topological polar surface area (TPSA) is 62.9 Å². The second-order valence-corrected chi connectivity index (χ2v) is 9.55. The molecular formula is C27H37F3N6OS. The molecule has 0 aliphatic carbocycles. The van der Waals surface area contributed by atoms with E-state index in [-0.39, 0.29) is 6.03 Å². The summed E-state index contributed by atoms with van der Waals surface area (Å²) in [5.74, 6) is 0. The first-order chi connectivity index (χ1) is 18.2. The minimum absolute atomic E-state index is 0.312. The molecule has 11 heteroatoms. The summed E-state index contributed by atoms with van der Waals surface area (Å²) in [5.41, 5.74) is 1.57. The highest BCUT2D eigenvalue weighted by Crippen LogP contribution is 2.29. The molecule has 0 atom stereocenters. The quantitative estimate of drug-likeness (QED) is 0.323. The first-order valence-electron chi connectivity index (χ1n) is 13.0. The lowest BCUT2D eigenvalue weighted by atomic mass is 10.2. The molecule has 2 aromatic carbocycles. The number of amides is 2. The van der Waals surface area contributed by atoms with Crippen LogP contribution in [0.1, 0.15) is 32.3 Å².